The quantitative estimate of drug-likeness (QED) is 0.715. The Balaban J connectivity index is 1.67. The molecule has 0 aliphatic carbocycles. The maximum absolute atomic E-state index is 5.21. The number of benzene rings is 2. The molecule has 4 heteroatoms. The molecule has 3 nitrogen and oxygen atoms in total. The first-order chi connectivity index (χ1) is 10.3. The summed E-state index contributed by atoms with van der Waals surface area (Å²) >= 11 is 1.80. The van der Waals surface area contributed by atoms with Crippen molar-refractivity contribution in [1.29, 1.82) is 0 Å². The van der Waals surface area contributed by atoms with Gasteiger partial charge in [-0.05, 0) is 29.8 Å². The molecule has 0 radical (unpaired) electrons. The summed E-state index contributed by atoms with van der Waals surface area (Å²) in [4.78, 5) is 9.50. The Morgan fingerprint density at radius 1 is 1.00 bits per heavy atom. The van der Waals surface area contributed by atoms with Crippen LogP contribution in [0.1, 0.15) is 16.5 Å². The van der Waals surface area contributed by atoms with Gasteiger partial charge in [-0.25, -0.2) is 9.97 Å². The van der Waals surface area contributed by atoms with Gasteiger partial charge in [-0.1, -0.05) is 36.0 Å². The third-order valence-corrected chi connectivity index (χ3v) is 5.00. The standard InChI is InChI=1S/C17H14N2OS/c1-20-12-8-6-11(7-9-12)16-10-15-17(21-16)19-14-5-3-2-4-13(14)18-15/h2-9,16H,10H2,1H3. The molecule has 0 amide bonds. The van der Waals surface area contributed by atoms with Crippen molar-refractivity contribution in [2.24, 2.45) is 0 Å². The minimum absolute atomic E-state index is 0.391. The van der Waals surface area contributed by atoms with Crippen LogP contribution >= 0.6 is 11.8 Å². The number of nitrogens with zero attached hydrogens (tertiary/aromatic N) is 2. The van der Waals surface area contributed by atoms with E-state index in [4.69, 9.17) is 14.7 Å². The Labute approximate surface area is 127 Å². The number of hydrogen-bond acceptors (Lipinski definition) is 4. The Morgan fingerprint density at radius 3 is 2.43 bits per heavy atom. The highest BCUT2D eigenvalue weighted by Gasteiger charge is 2.26. The summed E-state index contributed by atoms with van der Waals surface area (Å²) in [5, 5.41) is 1.46. The maximum Gasteiger partial charge on any atom is 0.119 e. The highest BCUT2D eigenvalue weighted by Crippen LogP contribution is 2.45. The van der Waals surface area contributed by atoms with Crippen molar-refractivity contribution in [3.63, 3.8) is 0 Å². The lowest BCUT2D eigenvalue weighted by molar-refractivity contribution is 0.414. The smallest absolute Gasteiger partial charge is 0.119 e. The number of fused-ring (bicyclic) bond motifs is 2. The molecule has 1 atom stereocenters. The van der Waals surface area contributed by atoms with E-state index in [1.165, 1.54) is 5.56 Å². The van der Waals surface area contributed by atoms with Crippen LogP contribution in [0.25, 0.3) is 11.0 Å². The van der Waals surface area contributed by atoms with Crippen LogP contribution in [0.5, 0.6) is 5.75 Å². The number of rotatable bonds is 2. The summed E-state index contributed by atoms with van der Waals surface area (Å²) in [6.45, 7) is 0. The molecular weight excluding hydrogens is 280 g/mol. The zero-order valence-corrected chi connectivity index (χ0v) is 12.4. The molecule has 21 heavy (non-hydrogen) atoms. The molecule has 3 aromatic rings. The third-order valence-electron chi connectivity index (χ3n) is 3.73. The minimum Gasteiger partial charge on any atom is -0.497 e. The highest BCUT2D eigenvalue weighted by molar-refractivity contribution is 7.99. The van der Waals surface area contributed by atoms with Crippen LogP contribution in [0.3, 0.4) is 0 Å². The lowest BCUT2D eigenvalue weighted by Gasteiger charge is -2.08. The molecule has 2 heterocycles. The minimum atomic E-state index is 0.391. The Morgan fingerprint density at radius 2 is 1.71 bits per heavy atom. The molecule has 0 saturated carbocycles. The monoisotopic (exact) mass is 294 g/mol. The van der Waals surface area contributed by atoms with E-state index in [0.29, 0.717) is 5.25 Å². The number of aromatic nitrogens is 2. The first-order valence-electron chi connectivity index (χ1n) is 6.90. The maximum atomic E-state index is 5.21. The molecule has 0 saturated heterocycles. The molecule has 1 unspecified atom stereocenters. The van der Waals surface area contributed by atoms with E-state index in [1.807, 2.05) is 36.4 Å². The van der Waals surface area contributed by atoms with Crippen LogP contribution in [-0.4, -0.2) is 17.1 Å². The second kappa shape index (κ2) is 5.04. The molecule has 104 valence electrons. The fourth-order valence-corrected chi connectivity index (χ4v) is 3.82. The lowest BCUT2D eigenvalue weighted by atomic mass is 10.1. The summed E-state index contributed by atoms with van der Waals surface area (Å²) in [5.74, 6) is 0.890. The van der Waals surface area contributed by atoms with Gasteiger partial charge in [-0.15, -0.1) is 0 Å². The van der Waals surface area contributed by atoms with Crippen molar-refractivity contribution in [3.05, 3.63) is 59.8 Å². The average molecular weight is 294 g/mol. The number of thioether (sulfide) groups is 1. The average Bonchev–Trinajstić information content (AvgIpc) is 2.95. The van der Waals surface area contributed by atoms with Crippen molar-refractivity contribution in [1.82, 2.24) is 9.97 Å². The fraction of sp³-hybridized carbons (Fsp3) is 0.176. The van der Waals surface area contributed by atoms with Crippen molar-refractivity contribution < 1.29 is 4.74 Å². The molecule has 0 N–H and O–H groups in total. The molecule has 4 rings (SSSR count). The highest BCUT2D eigenvalue weighted by atomic mass is 32.2. The number of hydrogen-bond donors (Lipinski definition) is 0. The molecule has 0 spiro atoms. The Kier molecular flexibility index (Phi) is 3.04. The van der Waals surface area contributed by atoms with E-state index in [-0.39, 0.29) is 0 Å². The SMILES string of the molecule is COc1ccc(C2Cc3nc4ccccc4nc3S2)cc1. The van der Waals surface area contributed by atoms with Gasteiger partial charge in [0.25, 0.3) is 0 Å². The fourth-order valence-electron chi connectivity index (χ4n) is 2.60. The second-order valence-electron chi connectivity index (χ2n) is 5.05. The van der Waals surface area contributed by atoms with Gasteiger partial charge in [0.2, 0.25) is 0 Å². The number of para-hydroxylation sites is 2. The topological polar surface area (TPSA) is 35.0 Å². The van der Waals surface area contributed by atoms with Crippen molar-refractivity contribution in [2.75, 3.05) is 7.11 Å². The molecule has 1 aliphatic heterocycles. The summed E-state index contributed by atoms with van der Waals surface area (Å²) in [5.41, 5.74) is 4.36. The third kappa shape index (κ3) is 2.25. The number of methoxy groups -OCH3 is 1. The van der Waals surface area contributed by atoms with Gasteiger partial charge in [0, 0.05) is 11.7 Å². The predicted octanol–water partition coefficient (Wildman–Crippen LogP) is 4.03. The first kappa shape index (κ1) is 12.7. The zero-order valence-electron chi connectivity index (χ0n) is 11.6. The number of ether oxygens (including phenoxy) is 1. The predicted molar refractivity (Wildman–Crippen MR) is 84.8 cm³/mol. The van der Waals surface area contributed by atoms with Gasteiger partial charge in [-0.3, -0.25) is 0 Å². The van der Waals surface area contributed by atoms with E-state index in [9.17, 15) is 0 Å². The zero-order chi connectivity index (χ0) is 14.2. The van der Waals surface area contributed by atoms with Crippen LogP contribution in [0.2, 0.25) is 0 Å². The van der Waals surface area contributed by atoms with Crippen molar-refractivity contribution in [3.8, 4) is 5.75 Å². The first-order valence-corrected chi connectivity index (χ1v) is 7.78. The lowest BCUT2D eigenvalue weighted by Crippen LogP contribution is -1.95. The molecule has 2 aromatic carbocycles. The van der Waals surface area contributed by atoms with Crippen molar-refractivity contribution in [2.45, 2.75) is 16.7 Å². The molecule has 1 aliphatic rings. The van der Waals surface area contributed by atoms with E-state index >= 15 is 0 Å². The molecule has 1 aromatic heterocycles. The van der Waals surface area contributed by atoms with E-state index in [1.54, 1.807) is 18.9 Å². The van der Waals surface area contributed by atoms with Crippen LogP contribution in [-0.2, 0) is 6.42 Å². The van der Waals surface area contributed by atoms with Gasteiger partial charge < -0.3 is 4.74 Å². The summed E-state index contributed by atoms with van der Waals surface area (Å²) in [6, 6.07) is 16.3. The molecule has 0 fully saturated rings. The van der Waals surface area contributed by atoms with E-state index < -0.39 is 0 Å². The summed E-state index contributed by atoms with van der Waals surface area (Å²) in [6.07, 6.45) is 0.935. The van der Waals surface area contributed by atoms with Crippen LogP contribution in [0.15, 0.2) is 53.6 Å². The molecule has 0 bridgehead atoms. The van der Waals surface area contributed by atoms with Gasteiger partial charge in [0.1, 0.15) is 10.8 Å². The largest absolute Gasteiger partial charge is 0.497 e. The second-order valence-corrected chi connectivity index (χ2v) is 6.24. The van der Waals surface area contributed by atoms with E-state index in [0.717, 1.165) is 33.9 Å². The van der Waals surface area contributed by atoms with Crippen LogP contribution in [0, 0.1) is 0 Å². The Bertz CT molecular complexity index is 757. The van der Waals surface area contributed by atoms with Crippen LogP contribution < -0.4 is 4.74 Å². The normalized spacial score (nSPS) is 16.9. The van der Waals surface area contributed by atoms with Gasteiger partial charge in [-0.2, -0.15) is 0 Å². The van der Waals surface area contributed by atoms with E-state index in [2.05, 4.69) is 12.1 Å². The van der Waals surface area contributed by atoms with Crippen molar-refractivity contribution >= 4 is 22.8 Å². The van der Waals surface area contributed by atoms with Crippen LogP contribution in [0.4, 0.5) is 0 Å². The van der Waals surface area contributed by atoms with Gasteiger partial charge >= 0.3 is 0 Å². The summed E-state index contributed by atoms with van der Waals surface area (Å²) < 4.78 is 5.21. The summed E-state index contributed by atoms with van der Waals surface area (Å²) in [7, 11) is 1.69. The molecular formula is C17H14N2OS. The van der Waals surface area contributed by atoms with Gasteiger partial charge in [0.15, 0.2) is 0 Å². The Hall–Kier alpha value is -2.07. The van der Waals surface area contributed by atoms with Gasteiger partial charge in [0.05, 0.1) is 23.8 Å².